The number of benzene rings is 1. The number of unbranched alkanes of at least 4 members (excludes halogenated alkanes) is 1. The van der Waals surface area contributed by atoms with Crippen LogP contribution in [0.25, 0.3) is 11.2 Å². The molecule has 4 aromatic rings. The second-order valence-electron chi connectivity index (χ2n) is 8.93. The van der Waals surface area contributed by atoms with Crippen LogP contribution in [0.1, 0.15) is 29.5 Å². The average Bonchev–Trinajstić information content (AvgIpc) is 3.18. The monoisotopic (exact) mass is 505 g/mol. The first-order chi connectivity index (χ1) is 17.9. The molecule has 0 aliphatic heterocycles. The van der Waals surface area contributed by atoms with Crippen LogP contribution < -0.4 is 10.5 Å². The molecule has 0 aliphatic carbocycles. The van der Waals surface area contributed by atoms with Gasteiger partial charge in [0.15, 0.2) is 17.0 Å². The lowest BCUT2D eigenvalue weighted by atomic mass is 10.1. The van der Waals surface area contributed by atoms with Gasteiger partial charge in [0.05, 0.1) is 19.6 Å². The fraction of sp³-hybridized carbons (Fsp3) is 0.346. The summed E-state index contributed by atoms with van der Waals surface area (Å²) in [5.41, 5.74) is 9.26. The van der Waals surface area contributed by atoms with Crippen LogP contribution in [0, 0.1) is 0 Å². The van der Waals surface area contributed by atoms with Crippen molar-refractivity contribution in [2.24, 2.45) is 0 Å². The highest BCUT2D eigenvalue weighted by Crippen LogP contribution is 2.26. The maximum atomic E-state index is 12.3. The van der Waals surface area contributed by atoms with E-state index < -0.39 is 0 Å². The Hall–Kier alpha value is -4.25. The molecule has 3 heterocycles. The van der Waals surface area contributed by atoms with Crippen molar-refractivity contribution < 1.29 is 19.4 Å². The van der Waals surface area contributed by atoms with Gasteiger partial charge in [-0.15, -0.1) is 0 Å². The van der Waals surface area contributed by atoms with Gasteiger partial charge in [-0.25, -0.2) is 0 Å². The van der Waals surface area contributed by atoms with Gasteiger partial charge < -0.3 is 25.2 Å². The van der Waals surface area contributed by atoms with Gasteiger partial charge in [-0.2, -0.15) is 15.0 Å². The van der Waals surface area contributed by atoms with Crippen molar-refractivity contribution in [2.75, 3.05) is 33.0 Å². The number of carbonyl (C=O) groups excluding carboxylic acids is 1. The summed E-state index contributed by atoms with van der Waals surface area (Å²) in [6.07, 6.45) is 5.31. The number of pyridine rings is 1. The third kappa shape index (κ3) is 7.14. The van der Waals surface area contributed by atoms with E-state index in [-0.39, 0.29) is 48.9 Å². The Morgan fingerprint density at radius 1 is 1.05 bits per heavy atom. The normalized spacial score (nSPS) is 11.2. The SMILES string of the molecule is CN(C)CCCCOC(=O)Cc1cccc(Cn2c(O)nc3c(N)nc(OCc4ccncc4)nc32)c1. The Morgan fingerprint density at radius 2 is 1.84 bits per heavy atom. The Labute approximate surface area is 214 Å². The third-order valence-corrected chi connectivity index (χ3v) is 5.64. The van der Waals surface area contributed by atoms with E-state index in [1.54, 1.807) is 12.4 Å². The molecule has 0 fully saturated rings. The minimum absolute atomic E-state index is 0.0741. The van der Waals surface area contributed by atoms with Crippen molar-refractivity contribution in [2.45, 2.75) is 32.4 Å². The van der Waals surface area contributed by atoms with Crippen molar-refractivity contribution >= 4 is 23.0 Å². The molecule has 0 aliphatic rings. The highest BCUT2D eigenvalue weighted by atomic mass is 16.5. The fourth-order valence-electron chi connectivity index (χ4n) is 3.78. The Morgan fingerprint density at radius 3 is 2.62 bits per heavy atom. The molecule has 0 bridgehead atoms. The standard InChI is InChI=1S/C26H31N7O4/c1-32(2)12-3-4-13-36-21(34)15-19-6-5-7-20(14-19)16-33-24-22(29-26(33)35)23(27)30-25(31-24)37-17-18-8-10-28-11-9-18/h5-11,14H,3-4,12-13,15-17H2,1-2H3,(H,29,35)(H2,27,30,31). The number of nitrogens with two attached hydrogens (primary N) is 1. The third-order valence-electron chi connectivity index (χ3n) is 5.64. The topological polar surface area (TPSA) is 142 Å². The van der Waals surface area contributed by atoms with Crippen molar-refractivity contribution in [3.05, 3.63) is 65.5 Å². The van der Waals surface area contributed by atoms with E-state index in [1.807, 2.05) is 50.5 Å². The zero-order valence-electron chi connectivity index (χ0n) is 21.0. The molecule has 194 valence electrons. The number of nitrogens with zero attached hydrogens (tertiary/aromatic N) is 6. The summed E-state index contributed by atoms with van der Waals surface area (Å²) in [4.78, 5) is 31.1. The largest absolute Gasteiger partial charge is 0.480 e. The Bertz CT molecular complexity index is 1340. The molecule has 0 saturated heterocycles. The molecule has 0 radical (unpaired) electrons. The van der Waals surface area contributed by atoms with E-state index in [9.17, 15) is 9.90 Å². The van der Waals surface area contributed by atoms with E-state index in [2.05, 4.69) is 24.8 Å². The van der Waals surface area contributed by atoms with Crippen LogP contribution in [-0.4, -0.2) is 67.7 Å². The molecule has 0 spiro atoms. The van der Waals surface area contributed by atoms with Gasteiger partial charge in [0.25, 0.3) is 6.01 Å². The number of aromatic nitrogens is 5. The lowest BCUT2D eigenvalue weighted by Crippen LogP contribution is -2.14. The zero-order valence-corrected chi connectivity index (χ0v) is 21.0. The van der Waals surface area contributed by atoms with Gasteiger partial charge in [-0.1, -0.05) is 24.3 Å². The van der Waals surface area contributed by atoms with E-state index in [0.29, 0.717) is 12.3 Å². The van der Waals surface area contributed by atoms with Crippen LogP contribution in [0.4, 0.5) is 5.82 Å². The smallest absolute Gasteiger partial charge is 0.320 e. The molecular weight excluding hydrogens is 474 g/mol. The number of carbonyl (C=O) groups is 1. The van der Waals surface area contributed by atoms with E-state index in [0.717, 1.165) is 36.1 Å². The van der Waals surface area contributed by atoms with Crippen LogP contribution in [0.15, 0.2) is 48.8 Å². The Balaban J connectivity index is 1.43. The number of esters is 1. The molecule has 11 heteroatoms. The number of rotatable bonds is 12. The number of anilines is 1. The first kappa shape index (κ1) is 25.8. The van der Waals surface area contributed by atoms with E-state index in [1.165, 1.54) is 4.57 Å². The predicted octanol–water partition coefficient (Wildman–Crippen LogP) is 2.56. The number of hydrogen-bond acceptors (Lipinski definition) is 10. The summed E-state index contributed by atoms with van der Waals surface area (Å²) < 4.78 is 12.6. The summed E-state index contributed by atoms with van der Waals surface area (Å²) in [6.45, 7) is 1.87. The second kappa shape index (κ2) is 12.1. The molecule has 4 rings (SSSR count). The van der Waals surface area contributed by atoms with E-state index in [4.69, 9.17) is 15.2 Å². The molecule has 37 heavy (non-hydrogen) atoms. The van der Waals surface area contributed by atoms with Crippen LogP contribution in [0.5, 0.6) is 12.0 Å². The molecular formula is C26H31N7O4. The highest BCUT2D eigenvalue weighted by Gasteiger charge is 2.18. The van der Waals surface area contributed by atoms with Crippen molar-refractivity contribution in [1.29, 1.82) is 0 Å². The van der Waals surface area contributed by atoms with Crippen LogP contribution in [-0.2, 0) is 29.1 Å². The van der Waals surface area contributed by atoms with Gasteiger partial charge >= 0.3 is 12.0 Å². The maximum Gasteiger partial charge on any atom is 0.320 e. The number of fused-ring (bicyclic) bond motifs is 1. The van der Waals surface area contributed by atoms with Crippen LogP contribution in [0.2, 0.25) is 0 Å². The minimum Gasteiger partial charge on any atom is -0.480 e. The summed E-state index contributed by atoms with van der Waals surface area (Å²) >= 11 is 0. The first-order valence-electron chi connectivity index (χ1n) is 12.0. The number of imidazole rings is 1. The molecule has 3 N–H and O–H groups in total. The van der Waals surface area contributed by atoms with Gasteiger partial charge in [-0.05, 0) is 62.3 Å². The first-order valence-corrected chi connectivity index (χ1v) is 12.0. The second-order valence-corrected chi connectivity index (χ2v) is 8.93. The lowest BCUT2D eigenvalue weighted by molar-refractivity contribution is -0.142. The van der Waals surface area contributed by atoms with Gasteiger partial charge in [0, 0.05) is 12.4 Å². The fourth-order valence-corrected chi connectivity index (χ4v) is 3.78. The molecule has 3 aromatic heterocycles. The highest BCUT2D eigenvalue weighted by molar-refractivity contribution is 5.83. The summed E-state index contributed by atoms with van der Waals surface area (Å²) in [7, 11) is 4.04. The predicted molar refractivity (Wildman–Crippen MR) is 138 cm³/mol. The number of nitrogen functional groups attached to an aromatic ring is 1. The molecule has 0 unspecified atom stereocenters. The van der Waals surface area contributed by atoms with Crippen molar-refractivity contribution in [3.8, 4) is 12.0 Å². The molecule has 11 nitrogen and oxygen atoms in total. The minimum atomic E-state index is -0.269. The number of ether oxygens (including phenoxy) is 2. The quantitative estimate of drug-likeness (QED) is 0.218. The van der Waals surface area contributed by atoms with Crippen molar-refractivity contribution in [1.82, 2.24) is 29.4 Å². The molecule has 0 saturated carbocycles. The zero-order chi connectivity index (χ0) is 26.2. The van der Waals surface area contributed by atoms with Crippen LogP contribution >= 0.6 is 0 Å². The van der Waals surface area contributed by atoms with Gasteiger partial charge in [-0.3, -0.25) is 14.3 Å². The molecule has 0 atom stereocenters. The maximum absolute atomic E-state index is 12.3. The summed E-state index contributed by atoms with van der Waals surface area (Å²) in [5.74, 6) is -0.166. The van der Waals surface area contributed by atoms with Crippen LogP contribution in [0.3, 0.4) is 0 Å². The summed E-state index contributed by atoms with van der Waals surface area (Å²) in [5, 5.41) is 10.5. The lowest BCUT2D eigenvalue weighted by Gasteiger charge is -2.10. The number of hydrogen-bond donors (Lipinski definition) is 2. The van der Waals surface area contributed by atoms with E-state index >= 15 is 0 Å². The van der Waals surface area contributed by atoms with Gasteiger partial charge in [0.1, 0.15) is 6.61 Å². The average molecular weight is 506 g/mol. The number of aromatic hydroxyl groups is 1. The van der Waals surface area contributed by atoms with Gasteiger partial charge in [0.2, 0.25) is 0 Å². The Kier molecular flexibility index (Phi) is 8.47. The van der Waals surface area contributed by atoms with Crippen molar-refractivity contribution in [3.63, 3.8) is 0 Å². The molecule has 0 amide bonds. The molecule has 1 aromatic carbocycles. The summed E-state index contributed by atoms with van der Waals surface area (Å²) in [6, 6.07) is 11.0.